The van der Waals surface area contributed by atoms with Gasteiger partial charge in [-0.15, -0.1) is 0 Å². The Morgan fingerprint density at radius 3 is 2.38 bits per heavy atom. The number of carbonyl (C=O) groups excluding carboxylic acids is 1. The molecule has 1 aromatic heterocycles. The molecule has 6 heteroatoms. The van der Waals surface area contributed by atoms with Crippen molar-refractivity contribution >= 4 is 17.3 Å². The summed E-state index contributed by atoms with van der Waals surface area (Å²) in [5.41, 5.74) is 1.82. The van der Waals surface area contributed by atoms with Crippen LogP contribution < -0.4 is 15.1 Å². The smallest absolute Gasteiger partial charge is 0.253 e. The molecule has 1 N–H and O–H groups in total. The quantitative estimate of drug-likeness (QED) is 0.918. The number of anilines is 2. The first-order valence-corrected chi connectivity index (χ1v) is 8.85. The second-order valence-corrected chi connectivity index (χ2v) is 7.56. The van der Waals surface area contributed by atoms with Crippen molar-refractivity contribution in [2.75, 3.05) is 36.0 Å². The average molecular weight is 356 g/mol. The van der Waals surface area contributed by atoms with Crippen molar-refractivity contribution in [1.29, 1.82) is 0 Å². The maximum absolute atomic E-state index is 14.0. The van der Waals surface area contributed by atoms with Crippen LogP contribution in [0.3, 0.4) is 0 Å². The van der Waals surface area contributed by atoms with Crippen LogP contribution in [0.25, 0.3) is 0 Å². The predicted molar refractivity (Wildman–Crippen MR) is 102 cm³/mol. The van der Waals surface area contributed by atoms with Gasteiger partial charge in [-0.1, -0.05) is 12.1 Å². The maximum Gasteiger partial charge on any atom is 0.253 e. The molecule has 138 valence electrons. The molecule has 0 spiro atoms. The van der Waals surface area contributed by atoms with Gasteiger partial charge in [0.2, 0.25) is 0 Å². The zero-order chi connectivity index (χ0) is 18.7. The largest absolute Gasteiger partial charge is 0.367 e. The molecule has 1 aliphatic rings. The third-order valence-electron chi connectivity index (χ3n) is 4.31. The monoisotopic (exact) mass is 356 g/mol. The van der Waals surface area contributed by atoms with Crippen molar-refractivity contribution < 1.29 is 9.18 Å². The summed E-state index contributed by atoms with van der Waals surface area (Å²) in [4.78, 5) is 20.8. The molecule has 0 radical (unpaired) electrons. The number of benzene rings is 1. The lowest BCUT2D eigenvalue weighted by Crippen LogP contribution is -2.47. The van der Waals surface area contributed by atoms with E-state index in [0.29, 0.717) is 11.3 Å². The summed E-state index contributed by atoms with van der Waals surface area (Å²) in [7, 11) is 0. The van der Waals surface area contributed by atoms with Crippen LogP contribution in [0.1, 0.15) is 31.1 Å². The first-order valence-electron chi connectivity index (χ1n) is 8.85. The zero-order valence-electron chi connectivity index (χ0n) is 15.5. The van der Waals surface area contributed by atoms with E-state index in [1.807, 2.05) is 39.0 Å². The van der Waals surface area contributed by atoms with Gasteiger partial charge in [-0.25, -0.2) is 4.39 Å². The van der Waals surface area contributed by atoms with E-state index in [1.165, 1.54) is 6.07 Å². The second kappa shape index (κ2) is 7.32. The number of hydrogen-bond acceptors (Lipinski definition) is 4. The molecule has 0 atom stereocenters. The Balaban J connectivity index is 1.67. The number of hydrogen-bond donors (Lipinski definition) is 1. The summed E-state index contributed by atoms with van der Waals surface area (Å²) >= 11 is 0. The van der Waals surface area contributed by atoms with Crippen molar-refractivity contribution in [1.82, 2.24) is 10.3 Å². The fourth-order valence-corrected chi connectivity index (χ4v) is 3.05. The van der Waals surface area contributed by atoms with Gasteiger partial charge in [0, 0.05) is 37.9 Å². The number of amides is 1. The first kappa shape index (κ1) is 18.2. The minimum absolute atomic E-state index is 0.128. The van der Waals surface area contributed by atoms with Crippen LogP contribution in [0.5, 0.6) is 0 Å². The molecule has 26 heavy (non-hydrogen) atoms. The second-order valence-electron chi connectivity index (χ2n) is 7.56. The number of rotatable bonds is 3. The molecule has 0 aliphatic carbocycles. The number of pyridine rings is 1. The summed E-state index contributed by atoms with van der Waals surface area (Å²) in [5.74, 6) is -0.319. The molecule has 0 saturated carbocycles. The van der Waals surface area contributed by atoms with Crippen LogP contribution in [0.2, 0.25) is 0 Å². The van der Waals surface area contributed by atoms with Crippen molar-refractivity contribution in [2.45, 2.75) is 26.3 Å². The highest BCUT2D eigenvalue weighted by Gasteiger charge is 2.21. The van der Waals surface area contributed by atoms with Gasteiger partial charge in [0.15, 0.2) is 0 Å². The fraction of sp³-hybridized carbons (Fsp3) is 0.400. The van der Waals surface area contributed by atoms with E-state index < -0.39 is 0 Å². The van der Waals surface area contributed by atoms with Gasteiger partial charge in [0.05, 0.1) is 23.1 Å². The van der Waals surface area contributed by atoms with E-state index in [9.17, 15) is 9.18 Å². The lowest BCUT2D eigenvalue weighted by atomic mass is 10.1. The summed E-state index contributed by atoms with van der Waals surface area (Å²) in [5, 5.41) is 2.95. The van der Waals surface area contributed by atoms with Crippen molar-refractivity contribution in [2.24, 2.45) is 0 Å². The molecule has 5 nitrogen and oxygen atoms in total. The van der Waals surface area contributed by atoms with E-state index in [-0.39, 0.29) is 17.3 Å². The SMILES string of the molecule is CC(C)(C)NC(=O)c1cncc(N2CCN(c3ccccc3F)CC2)c1. The highest BCUT2D eigenvalue weighted by molar-refractivity contribution is 5.95. The van der Waals surface area contributed by atoms with Gasteiger partial charge in [-0.2, -0.15) is 0 Å². The normalized spacial score (nSPS) is 15.1. The van der Waals surface area contributed by atoms with Crippen molar-refractivity contribution in [3.8, 4) is 0 Å². The van der Waals surface area contributed by atoms with Crippen LogP contribution in [-0.2, 0) is 0 Å². The Labute approximate surface area is 153 Å². The minimum Gasteiger partial charge on any atom is -0.367 e. The Morgan fingerprint density at radius 1 is 1.08 bits per heavy atom. The maximum atomic E-state index is 14.0. The van der Waals surface area contributed by atoms with E-state index >= 15 is 0 Å². The van der Waals surface area contributed by atoms with E-state index in [2.05, 4.69) is 20.1 Å². The number of carbonyl (C=O) groups is 1. The van der Waals surface area contributed by atoms with Gasteiger partial charge in [0.1, 0.15) is 5.82 Å². The number of aromatic nitrogens is 1. The number of halogens is 1. The Bertz CT molecular complexity index is 779. The van der Waals surface area contributed by atoms with Gasteiger partial charge < -0.3 is 15.1 Å². The van der Waals surface area contributed by atoms with Crippen LogP contribution in [-0.4, -0.2) is 42.6 Å². The van der Waals surface area contributed by atoms with Crippen LogP contribution in [0, 0.1) is 5.82 Å². The van der Waals surface area contributed by atoms with Crippen LogP contribution in [0.4, 0.5) is 15.8 Å². The molecule has 1 aromatic carbocycles. The number of nitrogens with one attached hydrogen (secondary N) is 1. The fourth-order valence-electron chi connectivity index (χ4n) is 3.05. The van der Waals surface area contributed by atoms with Crippen LogP contribution in [0.15, 0.2) is 42.7 Å². The molecule has 1 saturated heterocycles. The van der Waals surface area contributed by atoms with Gasteiger partial charge in [0.25, 0.3) is 5.91 Å². The molecule has 1 amide bonds. The predicted octanol–water partition coefficient (Wildman–Crippen LogP) is 3.08. The average Bonchev–Trinajstić information content (AvgIpc) is 2.61. The molecule has 0 unspecified atom stereocenters. The standard InChI is InChI=1S/C20H25FN4O/c1-20(2,3)23-19(26)15-12-16(14-22-13-15)24-8-10-25(11-9-24)18-7-5-4-6-17(18)21/h4-7,12-14H,8-11H2,1-3H3,(H,23,26). The topological polar surface area (TPSA) is 48.5 Å². The van der Waals surface area contributed by atoms with Crippen molar-refractivity contribution in [3.05, 3.63) is 54.1 Å². The number of piperazine rings is 1. The third-order valence-corrected chi connectivity index (χ3v) is 4.31. The van der Waals surface area contributed by atoms with Gasteiger partial charge >= 0.3 is 0 Å². The Hall–Kier alpha value is -2.63. The third kappa shape index (κ3) is 4.31. The molecule has 3 rings (SSSR count). The highest BCUT2D eigenvalue weighted by atomic mass is 19.1. The van der Waals surface area contributed by atoms with Crippen molar-refractivity contribution in [3.63, 3.8) is 0 Å². The summed E-state index contributed by atoms with van der Waals surface area (Å²) in [6.07, 6.45) is 3.35. The molecular formula is C20H25FN4O. The first-order chi connectivity index (χ1) is 12.3. The zero-order valence-corrected chi connectivity index (χ0v) is 15.5. The Kier molecular flexibility index (Phi) is 5.11. The number of nitrogens with zero attached hydrogens (tertiary/aromatic N) is 3. The number of para-hydroxylation sites is 1. The molecule has 2 heterocycles. The van der Waals surface area contributed by atoms with E-state index in [1.54, 1.807) is 18.5 Å². The van der Waals surface area contributed by atoms with Gasteiger partial charge in [-0.3, -0.25) is 9.78 Å². The molecular weight excluding hydrogens is 331 g/mol. The molecule has 2 aromatic rings. The molecule has 1 aliphatic heterocycles. The van der Waals surface area contributed by atoms with E-state index in [0.717, 1.165) is 31.9 Å². The van der Waals surface area contributed by atoms with E-state index in [4.69, 9.17) is 0 Å². The highest BCUT2D eigenvalue weighted by Crippen LogP contribution is 2.23. The Morgan fingerprint density at radius 2 is 1.73 bits per heavy atom. The molecule has 1 fully saturated rings. The molecule has 0 bridgehead atoms. The summed E-state index contributed by atoms with van der Waals surface area (Å²) in [6.45, 7) is 8.79. The lowest BCUT2D eigenvalue weighted by molar-refractivity contribution is 0.0919. The van der Waals surface area contributed by atoms with Crippen LogP contribution >= 0.6 is 0 Å². The minimum atomic E-state index is -0.293. The van der Waals surface area contributed by atoms with Gasteiger partial charge in [-0.05, 0) is 39.0 Å². The lowest BCUT2D eigenvalue weighted by Gasteiger charge is -2.37. The summed E-state index contributed by atoms with van der Waals surface area (Å²) in [6, 6.07) is 8.72. The summed E-state index contributed by atoms with van der Waals surface area (Å²) < 4.78 is 14.0.